The molecule has 0 aliphatic heterocycles. The van der Waals surface area contributed by atoms with Crippen LogP contribution in [-0.4, -0.2) is 23.2 Å². The summed E-state index contributed by atoms with van der Waals surface area (Å²) in [6, 6.07) is 16.6. The summed E-state index contributed by atoms with van der Waals surface area (Å²) in [7, 11) is 0. The van der Waals surface area contributed by atoms with E-state index in [1.807, 2.05) is 43.3 Å². The summed E-state index contributed by atoms with van der Waals surface area (Å²) in [4.78, 5) is 12.3. The number of amides is 2. The molecule has 33 heavy (non-hydrogen) atoms. The summed E-state index contributed by atoms with van der Waals surface area (Å²) in [5, 5.41) is 16.9. The number of ether oxygens (including phenoxy) is 1. The number of rotatable bonds is 8. The fourth-order valence-electron chi connectivity index (χ4n) is 4.52. The number of fused-ring (bicyclic) bond motifs is 1. The lowest BCUT2D eigenvalue weighted by atomic mass is 9.92. The lowest BCUT2D eigenvalue weighted by Crippen LogP contribution is -2.37. The number of aromatic nitrogens is 1. The van der Waals surface area contributed by atoms with Gasteiger partial charge in [-0.05, 0) is 68.9 Å². The average molecular weight is 445 g/mol. The SMILES string of the molecule is CCOc1ccc2c(C#N)c(-c3ccc(NC(=O)NC(CC)CC)cc3)n(C3CCC3)c2c1. The van der Waals surface area contributed by atoms with Crippen molar-refractivity contribution in [3.63, 3.8) is 0 Å². The number of carbonyl (C=O) groups excluding carboxylic acids is 1. The topological polar surface area (TPSA) is 79.1 Å². The molecule has 2 amide bonds. The molecule has 1 aliphatic carbocycles. The second-order valence-electron chi connectivity index (χ2n) is 8.59. The van der Waals surface area contributed by atoms with Crippen molar-refractivity contribution in [3.8, 4) is 23.1 Å². The zero-order valence-corrected chi connectivity index (χ0v) is 19.6. The highest BCUT2D eigenvalue weighted by Gasteiger charge is 2.28. The molecule has 0 saturated heterocycles. The van der Waals surface area contributed by atoms with Crippen LogP contribution in [0, 0.1) is 11.3 Å². The van der Waals surface area contributed by atoms with Crippen LogP contribution in [-0.2, 0) is 0 Å². The van der Waals surface area contributed by atoms with Crippen LogP contribution in [0.15, 0.2) is 42.5 Å². The molecule has 0 spiro atoms. The molecule has 6 heteroatoms. The van der Waals surface area contributed by atoms with Crippen LogP contribution in [0.25, 0.3) is 22.2 Å². The minimum atomic E-state index is -0.193. The van der Waals surface area contributed by atoms with Crippen molar-refractivity contribution in [1.82, 2.24) is 9.88 Å². The van der Waals surface area contributed by atoms with Crippen molar-refractivity contribution in [2.75, 3.05) is 11.9 Å². The van der Waals surface area contributed by atoms with Crippen molar-refractivity contribution < 1.29 is 9.53 Å². The number of nitrogens with zero attached hydrogens (tertiary/aromatic N) is 2. The molecular formula is C27H32N4O2. The first kappa shape index (κ1) is 22.7. The number of benzene rings is 2. The summed E-state index contributed by atoms with van der Waals surface area (Å²) in [5.74, 6) is 0.821. The maximum Gasteiger partial charge on any atom is 0.319 e. The second kappa shape index (κ2) is 9.99. The van der Waals surface area contributed by atoms with E-state index in [9.17, 15) is 10.1 Å². The number of urea groups is 1. The summed E-state index contributed by atoms with van der Waals surface area (Å²) >= 11 is 0. The number of carbonyl (C=O) groups is 1. The molecule has 4 rings (SSSR count). The first-order valence-electron chi connectivity index (χ1n) is 12.0. The number of nitrogens with one attached hydrogen (secondary N) is 2. The maximum absolute atomic E-state index is 12.3. The van der Waals surface area contributed by atoms with E-state index >= 15 is 0 Å². The van der Waals surface area contributed by atoms with Crippen molar-refractivity contribution in [1.29, 1.82) is 5.26 Å². The maximum atomic E-state index is 12.3. The molecule has 1 saturated carbocycles. The summed E-state index contributed by atoms with van der Waals surface area (Å²) in [6.45, 7) is 6.71. The third-order valence-corrected chi connectivity index (χ3v) is 6.58. The number of hydrogen-bond donors (Lipinski definition) is 2. The molecule has 172 valence electrons. The van der Waals surface area contributed by atoms with E-state index in [0.29, 0.717) is 18.2 Å². The largest absolute Gasteiger partial charge is 0.494 e. The monoisotopic (exact) mass is 444 g/mol. The predicted molar refractivity (Wildman–Crippen MR) is 133 cm³/mol. The zero-order chi connectivity index (χ0) is 23.4. The highest BCUT2D eigenvalue weighted by atomic mass is 16.5. The van der Waals surface area contributed by atoms with Gasteiger partial charge in [0.1, 0.15) is 11.8 Å². The van der Waals surface area contributed by atoms with E-state index in [-0.39, 0.29) is 12.1 Å². The quantitative estimate of drug-likeness (QED) is 0.410. The zero-order valence-electron chi connectivity index (χ0n) is 19.6. The van der Waals surface area contributed by atoms with Gasteiger partial charge in [-0.1, -0.05) is 26.0 Å². The lowest BCUT2D eigenvalue weighted by Gasteiger charge is -2.30. The van der Waals surface area contributed by atoms with E-state index < -0.39 is 0 Å². The average Bonchev–Trinajstić information content (AvgIpc) is 3.10. The molecule has 6 nitrogen and oxygen atoms in total. The molecule has 1 fully saturated rings. The van der Waals surface area contributed by atoms with E-state index in [2.05, 4.69) is 41.2 Å². The first-order chi connectivity index (χ1) is 16.1. The van der Waals surface area contributed by atoms with Crippen molar-refractivity contribution in [3.05, 3.63) is 48.0 Å². The van der Waals surface area contributed by atoms with Gasteiger partial charge in [-0.25, -0.2) is 4.79 Å². The lowest BCUT2D eigenvalue weighted by molar-refractivity contribution is 0.247. The van der Waals surface area contributed by atoms with Gasteiger partial charge in [-0.3, -0.25) is 0 Å². The highest BCUT2D eigenvalue weighted by molar-refractivity contribution is 5.96. The molecular weight excluding hydrogens is 412 g/mol. The molecule has 0 radical (unpaired) electrons. The van der Waals surface area contributed by atoms with Gasteiger partial charge in [0.05, 0.1) is 23.4 Å². The standard InChI is InChI=1S/C27H32N4O2/c1-4-19(5-2)29-27(32)30-20-12-10-18(11-13-20)26-24(17-28)23-15-14-22(33-6-3)16-25(23)31(26)21-8-7-9-21/h10-16,19,21H,4-9H2,1-3H3,(H2,29,30,32). The van der Waals surface area contributed by atoms with Gasteiger partial charge in [0.2, 0.25) is 0 Å². The first-order valence-corrected chi connectivity index (χ1v) is 12.0. The minimum Gasteiger partial charge on any atom is -0.494 e. The molecule has 0 atom stereocenters. The van der Waals surface area contributed by atoms with Gasteiger partial charge >= 0.3 is 6.03 Å². The molecule has 2 N–H and O–H groups in total. The van der Waals surface area contributed by atoms with Crippen LogP contribution in [0.4, 0.5) is 10.5 Å². The Bertz CT molecular complexity index is 1170. The van der Waals surface area contributed by atoms with Gasteiger partial charge in [-0.2, -0.15) is 5.26 Å². The van der Waals surface area contributed by atoms with Crippen molar-refractivity contribution in [2.24, 2.45) is 0 Å². The van der Waals surface area contributed by atoms with E-state index in [1.165, 1.54) is 6.42 Å². The number of nitriles is 1. The fraction of sp³-hybridized carbons (Fsp3) is 0.407. The van der Waals surface area contributed by atoms with Crippen LogP contribution in [0.3, 0.4) is 0 Å². The summed E-state index contributed by atoms with van der Waals surface area (Å²) in [6.07, 6.45) is 5.21. The van der Waals surface area contributed by atoms with Crippen LogP contribution >= 0.6 is 0 Å². The third-order valence-electron chi connectivity index (χ3n) is 6.58. The Kier molecular flexibility index (Phi) is 6.88. The Balaban J connectivity index is 1.70. The van der Waals surface area contributed by atoms with E-state index in [1.54, 1.807) is 0 Å². The van der Waals surface area contributed by atoms with E-state index in [0.717, 1.165) is 59.3 Å². The van der Waals surface area contributed by atoms with Crippen LogP contribution < -0.4 is 15.4 Å². The molecule has 1 heterocycles. The smallest absolute Gasteiger partial charge is 0.319 e. The Labute approximate surface area is 195 Å². The predicted octanol–water partition coefficient (Wildman–Crippen LogP) is 6.61. The Morgan fingerprint density at radius 3 is 2.45 bits per heavy atom. The van der Waals surface area contributed by atoms with Gasteiger partial charge in [0.25, 0.3) is 0 Å². The molecule has 2 aromatic carbocycles. The van der Waals surface area contributed by atoms with Gasteiger partial charge in [0.15, 0.2) is 0 Å². The van der Waals surface area contributed by atoms with Crippen LogP contribution in [0.2, 0.25) is 0 Å². The van der Waals surface area contributed by atoms with Crippen LogP contribution in [0.1, 0.15) is 64.5 Å². The van der Waals surface area contributed by atoms with E-state index in [4.69, 9.17) is 4.74 Å². The van der Waals surface area contributed by atoms with Gasteiger partial charge in [-0.15, -0.1) is 0 Å². The van der Waals surface area contributed by atoms with Crippen molar-refractivity contribution >= 4 is 22.6 Å². The Hall–Kier alpha value is -3.46. The summed E-state index contributed by atoms with van der Waals surface area (Å²) < 4.78 is 8.06. The van der Waals surface area contributed by atoms with Crippen LogP contribution in [0.5, 0.6) is 5.75 Å². The Morgan fingerprint density at radius 2 is 1.88 bits per heavy atom. The molecule has 0 unspecified atom stereocenters. The highest BCUT2D eigenvalue weighted by Crippen LogP contribution is 2.43. The number of hydrogen-bond acceptors (Lipinski definition) is 3. The Morgan fingerprint density at radius 1 is 1.15 bits per heavy atom. The minimum absolute atomic E-state index is 0.169. The molecule has 3 aromatic rings. The second-order valence-corrected chi connectivity index (χ2v) is 8.59. The van der Waals surface area contributed by atoms with Gasteiger partial charge < -0.3 is 19.9 Å². The fourth-order valence-corrected chi connectivity index (χ4v) is 4.52. The molecule has 1 aliphatic rings. The number of anilines is 1. The molecule has 1 aromatic heterocycles. The van der Waals surface area contributed by atoms with Gasteiger partial charge in [0, 0.05) is 29.2 Å². The van der Waals surface area contributed by atoms with Crippen molar-refractivity contribution in [2.45, 2.75) is 65.0 Å². The molecule has 0 bridgehead atoms. The third kappa shape index (κ3) is 4.54. The summed E-state index contributed by atoms with van der Waals surface area (Å²) in [5.41, 5.74) is 4.37. The normalized spacial score (nSPS) is 13.5.